The van der Waals surface area contributed by atoms with E-state index in [1.165, 1.54) is 30.5 Å². The fraction of sp³-hybridized carbons (Fsp3) is 0.714. The summed E-state index contributed by atoms with van der Waals surface area (Å²) in [5.74, 6) is 5.29. The van der Waals surface area contributed by atoms with E-state index in [4.69, 9.17) is 5.84 Å². The van der Waals surface area contributed by atoms with Crippen LogP contribution in [0.1, 0.15) is 32.6 Å². The van der Waals surface area contributed by atoms with Crippen LogP contribution in [-0.2, 0) is 0 Å². The Labute approximate surface area is 56.1 Å². The first kappa shape index (κ1) is 6.62. The average molecular weight is 126 g/mol. The van der Waals surface area contributed by atoms with Crippen molar-refractivity contribution < 1.29 is 0 Å². The van der Waals surface area contributed by atoms with Crippen LogP contribution in [-0.4, -0.2) is 0 Å². The van der Waals surface area contributed by atoms with Crippen LogP contribution in [0.4, 0.5) is 0 Å². The van der Waals surface area contributed by atoms with E-state index in [-0.39, 0.29) is 0 Å². The second kappa shape index (κ2) is 2.87. The molecule has 0 aliphatic heterocycles. The molecule has 52 valence electrons. The minimum Gasteiger partial charge on any atom is -0.328 e. The molecule has 0 aromatic carbocycles. The number of hydrogen-bond donors (Lipinski definition) is 2. The number of nitrogens with one attached hydrogen (secondary N) is 1. The summed E-state index contributed by atoms with van der Waals surface area (Å²) in [5.41, 5.74) is 5.42. The average Bonchev–Trinajstić information content (AvgIpc) is 1.89. The lowest BCUT2D eigenvalue weighted by Gasteiger charge is -2.16. The molecule has 0 fully saturated rings. The summed E-state index contributed by atoms with van der Waals surface area (Å²) in [6.45, 7) is 2.15. The Bertz CT molecular complexity index is 127. The molecule has 0 atom stereocenters. The maximum atomic E-state index is 5.29. The Morgan fingerprint density at radius 1 is 1.33 bits per heavy atom. The van der Waals surface area contributed by atoms with Crippen LogP contribution in [0.15, 0.2) is 11.3 Å². The Morgan fingerprint density at radius 2 is 2.00 bits per heavy atom. The van der Waals surface area contributed by atoms with E-state index in [9.17, 15) is 0 Å². The van der Waals surface area contributed by atoms with Crippen LogP contribution < -0.4 is 11.3 Å². The van der Waals surface area contributed by atoms with Gasteiger partial charge in [-0.15, -0.1) is 0 Å². The van der Waals surface area contributed by atoms with Gasteiger partial charge in [-0.25, -0.2) is 0 Å². The first-order valence-electron chi connectivity index (χ1n) is 3.50. The molecule has 1 rings (SSSR count). The largest absolute Gasteiger partial charge is 0.328 e. The third-order valence-electron chi connectivity index (χ3n) is 1.92. The van der Waals surface area contributed by atoms with Crippen molar-refractivity contribution in [2.75, 3.05) is 0 Å². The quantitative estimate of drug-likeness (QED) is 0.410. The summed E-state index contributed by atoms with van der Waals surface area (Å²) in [6.07, 6.45) is 4.98. The number of rotatable bonds is 1. The van der Waals surface area contributed by atoms with Gasteiger partial charge in [0.25, 0.3) is 0 Å². The Kier molecular flexibility index (Phi) is 2.11. The minimum atomic E-state index is 1.14. The van der Waals surface area contributed by atoms with Crippen LogP contribution in [0.3, 0.4) is 0 Å². The van der Waals surface area contributed by atoms with Gasteiger partial charge in [0.2, 0.25) is 0 Å². The van der Waals surface area contributed by atoms with Gasteiger partial charge >= 0.3 is 0 Å². The highest BCUT2D eigenvalue weighted by Gasteiger charge is 2.06. The van der Waals surface area contributed by atoms with E-state index in [1.54, 1.807) is 0 Å². The summed E-state index contributed by atoms with van der Waals surface area (Å²) < 4.78 is 0. The molecule has 0 radical (unpaired) electrons. The second-order valence-electron chi connectivity index (χ2n) is 2.61. The SMILES string of the molecule is CC1=C(NN)CCCC1. The standard InChI is InChI=1S/C7H14N2/c1-6-4-2-3-5-7(6)9-8/h9H,2-5,8H2,1H3. The molecule has 0 amide bonds. The van der Waals surface area contributed by atoms with Gasteiger partial charge in [0.05, 0.1) is 0 Å². The number of hydrogen-bond acceptors (Lipinski definition) is 2. The fourth-order valence-electron chi connectivity index (χ4n) is 1.25. The monoisotopic (exact) mass is 126 g/mol. The zero-order valence-corrected chi connectivity index (χ0v) is 5.91. The Hall–Kier alpha value is -0.500. The van der Waals surface area contributed by atoms with Crippen molar-refractivity contribution >= 4 is 0 Å². The summed E-state index contributed by atoms with van der Waals surface area (Å²) in [7, 11) is 0. The van der Waals surface area contributed by atoms with Crippen LogP contribution >= 0.6 is 0 Å². The summed E-state index contributed by atoms with van der Waals surface area (Å²) in [5, 5.41) is 0. The van der Waals surface area contributed by atoms with Crippen molar-refractivity contribution in [3.05, 3.63) is 11.3 Å². The predicted octanol–water partition coefficient (Wildman–Crippen LogP) is 1.30. The molecule has 0 saturated carbocycles. The molecule has 2 heteroatoms. The van der Waals surface area contributed by atoms with Gasteiger partial charge in [-0.1, -0.05) is 5.57 Å². The molecular weight excluding hydrogens is 112 g/mol. The maximum absolute atomic E-state index is 5.29. The molecule has 0 aromatic heterocycles. The maximum Gasteiger partial charge on any atom is 0.0248 e. The van der Waals surface area contributed by atoms with Gasteiger partial charge < -0.3 is 5.43 Å². The zero-order chi connectivity index (χ0) is 6.69. The lowest BCUT2D eigenvalue weighted by atomic mass is 9.98. The molecule has 0 bridgehead atoms. The summed E-state index contributed by atoms with van der Waals surface area (Å²) in [6, 6.07) is 0. The van der Waals surface area contributed by atoms with Gasteiger partial charge in [0.1, 0.15) is 0 Å². The highest BCUT2D eigenvalue weighted by Crippen LogP contribution is 2.20. The topological polar surface area (TPSA) is 38.0 Å². The third-order valence-corrected chi connectivity index (χ3v) is 1.92. The fourth-order valence-corrected chi connectivity index (χ4v) is 1.25. The molecule has 1 aliphatic rings. The van der Waals surface area contributed by atoms with Crippen molar-refractivity contribution in [1.82, 2.24) is 5.43 Å². The van der Waals surface area contributed by atoms with E-state index in [1.807, 2.05) is 0 Å². The van der Waals surface area contributed by atoms with E-state index in [0.717, 1.165) is 6.42 Å². The summed E-state index contributed by atoms with van der Waals surface area (Å²) in [4.78, 5) is 0. The summed E-state index contributed by atoms with van der Waals surface area (Å²) >= 11 is 0. The van der Waals surface area contributed by atoms with E-state index >= 15 is 0 Å². The molecule has 0 unspecified atom stereocenters. The zero-order valence-electron chi connectivity index (χ0n) is 5.91. The molecule has 1 aliphatic carbocycles. The number of hydrazine groups is 1. The van der Waals surface area contributed by atoms with Gasteiger partial charge in [-0.05, 0) is 32.6 Å². The van der Waals surface area contributed by atoms with Gasteiger partial charge in [0.15, 0.2) is 0 Å². The van der Waals surface area contributed by atoms with Crippen LogP contribution in [0.5, 0.6) is 0 Å². The lowest BCUT2D eigenvalue weighted by Crippen LogP contribution is -2.23. The smallest absolute Gasteiger partial charge is 0.0248 e. The van der Waals surface area contributed by atoms with Crippen molar-refractivity contribution in [2.24, 2.45) is 5.84 Å². The van der Waals surface area contributed by atoms with Crippen molar-refractivity contribution in [2.45, 2.75) is 32.6 Å². The molecule has 0 aromatic rings. The van der Waals surface area contributed by atoms with E-state index in [0.29, 0.717) is 0 Å². The van der Waals surface area contributed by atoms with Crippen LogP contribution in [0, 0.1) is 0 Å². The first-order valence-corrected chi connectivity index (χ1v) is 3.50. The van der Waals surface area contributed by atoms with E-state index in [2.05, 4.69) is 12.3 Å². The minimum absolute atomic E-state index is 1.14. The molecule has 0 spiro atoms. The Morgan fingerprint density at radius 3 is 2.44 bits per heavy atom. The Balaban J connectivity index is 2.59. The van der Waals surface area contributed by atoms with Gasteiger partial charge in [-0.3, -0.25) is 5.84 Å². The predicted molar refractivity (Wildman–Crippen MR) is 38.5 cm³/mol. The molecule has 3 N–H and O–H groups in total. The van der Waals surface area contributed by atoms with Crippen molar-refractivity contribution in [3.63, 3.8) is 0 Å². The third kappa shape index (κ3) is 1.45. The lowest BCUT2D eigenvalue weighted by molar-refractivity contribution is 0.625. The van der Waals surface area contributed by atoms with Crippen molar-refractivity contribution in [1.29, 1.82) is 0 Å². The van der Waals surface area contributed by atoms with Crippen molar-refractivity contribution in [3.8, 4) is 0 Å². The number of allylic oxidation sites excluding steroid dienone is 2. The normalized spacial score (nSPS) is 20.2. The molecule has 0 saturated heterocycles. The molecule has 0 heterocycles. The van der Waals surface area contributed by atoms with Gasteiger partial charge in [0, 0.05) is 5.70 Å². The molecular formula is C7H14N2. The highest BCUT2D eigenvalue weighted by molar-refractivity contribution is 5.11. The molecule has 9 heavy (non-hydrogen) atoms. The first-order chi connectivity index (χ1) is 4.34. The highest BCUT2D eigenvalue weighted by atomic mass is 15.2. The van der Waals surface area contributed by atoms with Gasteiger partial charge in [-0.2, -0.15) is 0 Å². The number of nitrogens with two attached hydrogens (primary N) is 1. The molecule has 2 nitrogen and oxygen atoms in total. The van der Waals surface area contributed by atoms with Crippen LogP contribution in [0.25, 0.3) is 0 Å². The van der Waals surface area contributed by atoms with E-state index < -0.39 is 0 Å². The second-order valence-corrected chi connectivity index (χ2v) is 2.61. The van der Waals surface area contributed by atoms with Crippen LogP contribution in [0.2, 0.25) is 0 Å².